The standard InChI is InChI=1S/C17H22Cl2N4O.HI/c1-10(2)16-8-13(24-23-16)9-21-17(20-4)22-11(3)12-5-6-14(18)15(19)7-12;/h5-8,10-11H,9H2,1-4H3,(H2,20,21,22);1H. The molecule has 0 saturated heterocycles. The Bertz CT molecular complexity index is 718. The minimum Gasteiger partial charge on any atom is -0.359 e. The van der Waals surface area contributed by atoms with Crippen molar-refractivity contribution in [2.45, 2.75) is 39.3 Å². The summed E-state index contributed by atoms with van der Waals surface area (Å²) in [4.78, 5) is 4.22. The highest BCUT2D eigenvalue weighted by Gasteiger charge is 2.11. The van der Waals surface area contributed by atoms with Gasteiger partial charge in [0.15, 0.2) is 11.7 Å². The Morgan fingerprint density at radius 3 is 2.48 bits per heavy atom. The normalized spacial score (nSPS) is 12.7. The molecule has 2 N–H and O–H groups in total. The highest BCUT2D eigenvalue weighted by molar-refractivity contribution is 14.0. The van der Waals surface area contributed by atoms with Gasteiger partial charge in [0.25, 0.3) is 0 Å². The number of halogens is 3. The second kappa shape index (κ2) is 10.2. The van der Waals surface area contributed by atoms with Crippen LogP contribution in [0.2, 0.25) is 10.0 Å². The molecule has 1 unspecified atom stereocenters. The van der Waals surface area contributed by atoms with Gasteiger partial charge in [-0.25, -0.2) is 0 Å². The smallest absolute Gasteiger partial charge is 0.191 e. The molecule has 0 amide bonds. The summed E-state index contributed by atoms with van der Waals surface area (Å²) in [5.74, 6) is 1.77. The van der Waals surface area contributed by atoms with Gasteiger partial charge in [-0.2, -0.15) is 0 Å². The second-order valence-corrected chi connectivity index (χ2v) is 6.65. The van der Waals surface area contributed by atoms with E-state index in [0.29, 0.717) is 28.5 Å². The quantitative estimate of drug-likeness (QED) is 0.341. The first-order valence-electron chi connectivity index (χ1n) is 7.78. The zero-order valence-electron chi connectivity index (χ0n) is 14.6. The molecule has 0 saturated carbocycles. The average molecular weight is 497 g/mol. The monoisotopic (exact) mass is 496 g/mol. The van der Waals surface area contributed by atoms with Crippen LogP contribution in [0, 0.1) is 0 Å². The van der Waals surface area contributed by atoms with Crippen molar-refractivity contribution in [2.75, 3.05) is 7.05 Å². The van der Waals surface area contributed by atoms with E-state index in [1.807, 2.05) is 25.1 Å². The summed E-state index contributed by atoms with van der Waals surface area (Å²) in [5, 5.41) is 11.6. The second-order valence-electron chi connectivity index (χ2n) is 5.84. The molecule has 0 spiro atoms. The lowest BCUT2D eigenvalue weighted by molar-refractivity contribution is 0.371. The Kier molecular flexibility index (Phi) is 9.02. The molecule has 1 aromatic carbocycles. The maximum absolute atomic E-state index is 6.07. The summed E-state index contributed by atoms with van der Waals surface area (Å²) in [5.41, 5.74) is 1.97. The van der Waals surface area contributed by atoms with E-state index in [4.69, 9.17) is 27.7 Å². The van der Waals surface area contributed by atoms with Crippen molar-refractivity contribution < 1.29 is 4.52 Å². The molecule has 2 rings (SSSR count). The number of hydrogen-bond donors (Lipinski definition) is 2. The van der Waals surface area contributed by atoms with Crippen LogP contribution in [0.15, 0.2) is 33.8 Å². The molecule has 0 radical (unpaired) electrons. The van der Waals surface area contributed by atoms with Gasteiger partial charge in [-0.1, -0.05) is 48.3 Å². The van der Waals surface area contributed by atoms with Crippen molar-refractivity contribution in [3.63, 3.8) is 0 Å². The summed E-state index contributed by atoms with van der Waals surface area (Å²) in [6.07, 6.45) is 0. The number of nitrogens with one attached hydrogen (secondary N) is 2. The van der Waals surface area contributed by atoms with Crippen molar-refractivity contribution in [1.82, 2.24) is 15.8 Å². The maximum Gasteiger partial charge on any atom is 0.191 e. The summed E-state index contributed by atoms with van der Waals surface area (Å²) < 4.78 is 5.31. The number of benzene rings is 1. The first kappa shape index (κ1) is 22.1. The minimum atomic E-state index is 0. The van der Waals surface area contributed by atoms with Gasteiger partial charge in [0, 0.05) is 13.1 Å². The highest BCUT2D eigenvalue weighted by Crippen LogP contribution is 2.25. The van der Waals surface area contributed by atoms with Crippen molar-refractivity contribution in [3.8, 4) is 0 Å². The van der Waals surface area contributed by atoms with Gasteiger partial charge in [-0.3, -0.25) is 4.99 Å². The fourth-order valence-corrected chi connectivity index (χ4v) is 2.43. The molecule has 0 bridgehead atoms. The number of aromatic nitrogens is 1. The van der Waals surface area contributed by atoms with E-state index in [-0.39, 0.29) is 30.0 Å². The molecule has 1 atom stereocenters. The van der Waals surface area contributed by atoms with Gasteiger partial charge in [0.1, 0.15) is 0 Å². The third-order valence-corrected chi connectivity index (χ3v) is 4.36. The van der Waals surface area contributed by atoms with Crippen molar-refractivity contribution in [3.05, 3.63) is 51.3 Å². The summed E-state index contributed by atoms with van der Waals surface area (Å²) in [7, 11) is 1.72. The van der Waals surface area contributed by atoms with E-state index in [2.05, 4.69) is 34.6 Å². The predicted molar refractivity (Wildman–Crippen MR) is 114 cm³/mol. The Morgan fingerprint density at radius 1 is 1.20 bits per heavy atom. The van der Waals surface area contributed by atoms with Crippen LogP contribution >= 0.6 is 47.2 Å². The highest BCUT2D eigenvalue weighted by atomic mass is 127. The van der Waals surface area contributed by atoms with Gasteiger partial charge >= 0.3 is 0 Å². The number of rotatable bonds is 5. The molecule has 25 heavy (non-hydrogen) atoms. The number of nitrogens with zero attached hydrogens (tertiary/aromatic N) is 2. The van der Waals surface area contributed by atoms with Gasteiger partial charge in [0.2, 0.25) is 0 Å². The first-order chi connectivity index (χ1) is 11.4. The Balaban J connectivity index is 0.00000312. The van der Waals surface area contributed by atoms with Crippen LogP contribution in [-0.2, 0) is 6.54 Å². The summed E-state index contributed by atoms with van der Waals surface area (Å²) in [6, 6.07) is 7.54. The van der Waals surface area contributed by atoms with E-state index in [1.54, 1.807) is 13.1 Å². The summed E-state index contributed by atoms with van der Waals surface area (Å²) >= 11 is 12.0. The van der Waals surface area contributed by atoms with Crippen LogP contribution in [0.4, 0.5) is 0 Å². The molecule has 138 valence electrons. The fourth-order valence-electron chi connectivity index (χ4n) is 2.12. The molecule has 5 nitrogen and oxygen atoms in total. The molecule has 1 heterocycles. The van der Waals surface area contributed by atoms with Crippen LogP contribution < -0.4 is 10.6 Å². The van der Waals surface area contributed by atoms with E-state index in [0.717, 1.165) is 17.0 Å². The molecule has 2 aromatic rings. The number of aliphatic imine (C=N–C) groups is 1. The van der Waals surface area contributed by atoms with Crippen molar-refractivity contribution in [1.29, 1.82) is 0 Å². The first-order valence-corrected chi connectivity index (χ1v) is 8.54. The van der Waals surface area contributed by atoms with Crippen LogP contribution in [0.1, 0.15) is 49.7 Å². The van der Waals surface area contributed by atoms with Gasteiger partial charge < -0.3 is 15.2 Å². The van der Waals surface area contributed by atoms with Gasteiger partial charge in [0.05, 0.1) is 28.3 Å². The predicted octanol–water partition coefficient (Wildman–Crippen LogP) is 5.15. The van der Waals surface area contributed by atoms with E-state index < -0.39 is 0 Å². The molecule has 1 aromatic heterocycles. The largest absolute Gasteiger partial charge is 0.359 e. The fraction of sp³-hybridized carbons (Fsp3) is 0.412. The van der Waals surface area contributed by atoms with Gasteiger partial charge in [-0.05, 0) is 30.5 Å². The molecular formula is C17H23Cl2IN4O. The number of guanidine groups is 1. The number of hydrogen-bond acceptors (Lipinski definition) is 3. The zero-order chi connectivity index (χ0) is 17.7. The van der Waals surface area contributed by atoms with Crippen molar-refractivity contribution >= 4 is 53.1 Å². The Hall–Kier alpha value is -0.990. The third-order valence-electron chi connectivity index (χ3n) is 3.62. The lowest BCUT2D eigenvalue weighted by Crippen LogP contribution is -2.38. The van der Waals surface area contributed by atoms with E-state index >= 15 is 0 Å². The minimum absolute atomic E-state index is 0. The van der Waals surface area contributed by atoms with Crippen LogP contribution in [0.3, 0.4) is 0 Å². The van der Waals surface area contributed by atoms with Gasteiger partial charge in [-0.15, -0.1) is 24.0 Å². The Morgan fingerprint density at radius 2 is 1.92 bits per heavy atom. The average Bonchev–Trinajstić information content (AvgIpc) is 3.03. The SMILES string of the molecule is CN=C(NCc1cc(C(C)C)no1)NC(C)c1ccc(Cl)c(Cl)c1.I. The van der Waals surface area contributed by atoms with Crippen molar-refractivity contribution in [2.24, 2.45) is 4.99 Å². The summed E-state index contributed by atoms with van der Waals surface area (Å²) in [6.45, 7) is 6.69. The van der Waals surface area contributed by atoms with E-state index in [1.165, 1.54) is 0 Å². The molecule has 0 aliphatic rings. The lowest BCUT2D eigenvalue weighted by atomic mass is 10.1. The zero-order valence-corrected chi connectivity index (χ0v) is 18.5. The Labute approximate surface area is 175 Å². The lowest BCUT2D eigenvalue weighted by Gasteiger charge is -2.18. The third kappa shape index (κ3) is 6.34. The molecular weight excluding hydrogens is 474 g/mol. The molecule has 0 aliphatic heterocycles. The molecule has 8 heteroatoms. The topological polar surface area (TPSA) is 62.5 Å². The van der Waals surface area contributed by atoms with Crippen LogP contribution in [0.5, 0.6) is 0 Å². The van der Waals surface area contributed by atoms with Crippen LogP contribution in [-0.4, -0.2) is 18.2 Å². The molecule has 0 fully saturated rings. The van der Waals surface area contributed by atoms with E-state index in [9.17, 15) is 0 Å². The maximum atomic E-state index is 6.07. The van der Waals surface area contributed by atoms with Crippen LogP contribution in [0.25, 0.3) is 0 Å². The molecule has 0 aliphatic carbocycles.